The molecule has 3 heterocycles. The molecule has 1 saturated heterocycles. The first kappa shape index (κ1) is 21.1. The number of carbonyl (C=O) groups excluding carboxylic acids is 1. The average Bonchev–Trinajstić information content (AvgIpc) is 3.36. The van der Waals surface area contributed by atoms with E-state index in [2.05, 4.69) is 39.6 Å². The van der Waals surface area contributed by atoms with Crippen molar-refractivity contribution in [3.63, 3.8) is 0 Å². The highest BCUT2D eigenvalue weighted by atomic mass is 16.5. The fraction of sp³-hybridized carbons (Fsp3) is 0.320. The first-order valence-corrected chi connectivity index (χ1v) is 11.0. The Morgan fingerprint density at radius 1 is 0.970 bits per heavy atom. The fourth-order valence-corrected chi connectivity index (χ4v) is 4.82. The maximum absolute atomic E-state index is 13.0. The maximum atomic E-state index is 13.0. The Kier molecular flexibility index (Phi) is 5.28. The highest BCUT2D eigenvalue weighted by molar-refractivity contribution is 5.91. The van der Waals surface area contributed by atoms with Crippen molar-refractivity contribution < 1.29 is 19.0 Å². The van der Waals surface area contributed by atoms with Crippen LogP contribution >= 0.6 is 0 Å². The molecule has 8 heteroatoms. The molecule has 33 heavy (non-hydrogen) atoms. The molecule has 2 amide bonds. The monoisotopic (exact) mass is 448 g/mol. The van der Waals surface area contributed by atoms with E-state index in [1.807, 2.05) is 17.0 Å². The molecule has 3 aromatic rings. The minimum atomic E-state index is -0.239. The van der Waals surface area contributed by atoms with Gasteiger partial charge in [0.05, 0.1) is 43.9 Å². The second-order valence-electron chi connectivity index (χ2n) is 8.34. The van der Waals surface area contributed by atoms with E-state index in [1.165, 1.54) is 5.69 Å². The number of likely N-dealkylation sites (tertiary alicyclic amines) is 1. The molecule has 0 atom stereocenters. The summed E-state index contributed by atoms with van der Waals surface area (Å²) >= 11 is 0. The van der Waals surface area contributed by atoms with Gasteiger partial charge in [-0.2, -0.15) is 0 Å². The molecule has 2 aromatic carbocycles. The SMILES string of the molecule is COc1ccc2c(c1)NC1(CCN(C(=O)Nc3ccc(OC)cc3OC)CC1)c1cccn1-2. The van der Waals surface area contributed by atoms with Crippen LogP contribution in [-0.2, 0) is 5.54 Å². The lowest BCUT2D eigenvalue weighted by Gasteiger charge is -2.46. The third kappa shape index (κ3) is 3.61. The Hall–Kier alpha value is -3.81. The van der Waals surface area contributed by atoms with Gasteiger partial charge in [-0.05, 0) is 49.2 Å². The van der Waals surface area contributed by atoms with E-state index in [4.69, 9.17) is 14.2 Å². The van der Waals surface area contributed by atoms with Crippen LogP contribution in [0, 0.1) is 0 Å². The van der Waals surface area contributed by atoms with Crippen LogP contribution in [0.25, 0.3) is 5.69 Å². The van der Waals surface area contributed by atoms with Crippen molar-refractivity contribution in [3.8, 4) is 22.9 Å². The number of benzene rings is 2. The van der Waals surface area contributed by atoms with Gasteiger partial charge in [0.25, 0.3) is 0 Å². The van der Waals surface area contributed by atoms with E-state index >= 15 is 0 Å². The van der Waals surface area contributed by atoms with E-state index in [0.717, 1.165) is 30.0 Å². The van der Waals surface area contributed by atoms with Crippen LogP contribution in [0.15, 0.2) is 54.7 Å². The number of urea groups is 1. The van der Waals surface area contributed by atoms with Crippen molar-refractivity contribution in [2.75, 3.05) is 45.1 Å². The molecule has 2 aliphatic rings. The molecule has 0 bridgehead atoms. The molecule has 172 valence electrons. The number of ether oxygens (including phenoxy) is 3. The summed E-state index contributed by atoms with van der Waals surface area (Å²) in [6.45, 7) is 1.25. The maximum Gasteiger partial charge on any atom is 0.321 e. The van der Waals surface area contributed by atoms with Crippen molar-refractivity contribution in [2.45, 2.75) is 18.4 Å². The van der Waals surface area contributed by atoms with E-state index in [0.29, 0.717) is 30.3 Å². The third-order valence-electron chi connectivity index (χ3n) is 6.63. The molecule has 0 radical (unpaired) electrons. The van der Waals surface area contributed by atoms with Gasteiger partial charge < -0.3 is 34.3 Å². The lowest BCUT2D eigenvalue weighted by atomic mass is 9.82. The Balaban J connectivity index is 1.33. The van der Waals surface area contributed by atoms with Crippen LogP contribution in [0.3, 0.4) is 0 Å². The Morgan fingerprint density at radius 3 is 2.42 bits per heavy atom. The number of nitrogens with one attached hydrogen (secondary N) is 2. The molecule has 2 N–H and O–H groups in total. The number of methoxy groups -OCH3 is 3. The quantitative estimate of drug-likeness (QED) is 0.617. The second kappa shape index (κ2) is 8.27. The Bertz CT molecular complexity index is 1180. The lowest BCUT2D eigenvalue weighted by molar-refractivity contribution is 0.174. The number of hydrogen-bond acceptors (Lipinski definition) is 5. The van der Waals surface area contributed by atoms with Crippen molar-refractivity contribution in [1.82, 2.24) is 9.47 Å². The number of hydrogen-bond donors (Lipinski definition) is 2. The normalized spacial score (nSPS) is 15.8. The highest BCUT2D eigenvalue weighted by Crippen LogP contribution is 2.44. The van der Waals surface area contributed by atoms with Crippen LogP contribution in [0.1, 0.15) is 18.5 Å². The van der Waals surface area contributed by atoms with Crippen molar-refractivity contribution in [2.24, 2.45) is 0 Å². The van der Waals surface area contributed by atoms with Crippen LogP contribution in [-0.4, -0.2) is 49.9 Å². The summed E-state index contributed by atoms with van der Waals surface area (Å²) in [4.78, 5) is 14.9. The van der Waals surface area contributed by atoms with E-state index in [-0.39, 0.29) is 11.6 Å². The van der Waals surface area contributed by atoms with Crippen LogP contribution in [0.4, 0.5) is 16.2 Å². The minimum absolute atomic E-state index is 0.137. The summed E-state index contributed by atoms with van der Waals surface area (Å²) in [5.41, 5.74) is 3.75. The van der Waals surface area contributed by atoms with Gasteiger partial charge in [0.2, 0.25) is 0 Å². The standard InChI is InChI=1S/C25H28N4O4/c1-31-17-7-9-21-20(15-17)27-25(23-5-4-12-29(21)23)10-13-28(14-11-25)24(30)26-19-8-6-18(32-2)16-22(19)33-3/h4-9,12,15-16,27H,10-11,13-14H2,1-3H3,(H,26,30). The van der Waals surface area contributed by atoms with E-state index in [1.54, 1.807) is 39.5 Å². The summed E-state index contributed by atoms with van der Waals surface area (Å²) in [5, 5.41) is 6.76. The third-order valence-corrected chi connectivity index (χ3v) is 6.63. The molecule has 2 aliphatic heterocycles. The number of anilines is 2. The Labute approximate surface area is 193 Å². The number of carbonyl (C=O) groups is 1. The topological polar surface area (TPSA) is 77.0 Å². The first-order valence-electron chi connectivity index (χ1n) is 11.0. The molecular weight excluding hydrogens is 420 g/mol. The van der Waals surface area contributed by atoms with Crippen molar-refractivity contribution in [1.29, 1.82) is 0 Å². The van der Waals surface area contributed by atoms with Gasteiger partial charge in [0, 0.05) is 37.1 Å². The molecule has 0 unspecified atom stereocenters. The van der Waals surface area contributed by atoms with Crippen molar-refractivity contribution in [3.05, 3.63) is 60.4 Å². The molecule has 1 fully saturated rings. The zero-order valence-electron chi connectivity index (χ0n) is 19.1. The van der Waals surface area contributed by atoms with Gasteiger partial charge >= 0.3 is 6.03 Å². The van der Waals surface area contributed by atoms with Gasteiger partial charge in [0.1, 0.15) is 17.2 Å². The number of piperidine rings is 1. The molecule has 8 nitrogen and oxygen atoms in total. The lowest BCUT2D eigenvalue weighted by Crippen LogP contribution is -2.51. The van der Waals surface area contributed by atoms with Gasteiger partial charge in [0.15, 0.2) is 0 Å². The number of fused-ring (bicyclic) bond motifs is 4. The number of rotatable bonds is 4. The molecule has 0 aliphatic carbocycles. The largest absolute Gasteiger partial charge is 0.497 e. The van der Waals surface area contributed by atoms with Gasteiger partial charge in [-0.1, -0.05) is 0 Å². The van der Waals surface area contributed by atoms with Gasteiger partial charge in [-0.15, -0.1) is 0 Å². The number of amides is 2. The summed E-state index contributed by atoms with van der Waals surface area (Å²) in [6.07, 6.45) is 3.68. The number of nitrogens with zero attached hydrogens (tertiary/aromatic N) is 2. The fourth-order valence-electron chi connectivity index (χ4n) is 4.82. The number of aromatic nitrogens is 1. The second-order valence-corrected chi connectivity index (χ2v) is 8.34. The molecule has 0 saturated carbocycles. The molecular formula is C25H28N4O4. The highest BCUT2D eigenvalue weighted by Gasteiger charge is 2.42. The summed E-state index contributed by atoms with van der Waals surface area (Å²) < 4.78 is 18.3. The summed E-state index contributed by atoms with van der Waals surface area (Å²) in [5.74, 6) is 2.05. The van der Waals surface area contributed by atoms with E-state index < -0.39 is 0 Å². The summed E-state index contributed by atoms with van der Waals surface area (Å²) in [6, 6.07) is 15.5. The zero-order valence-corrected chi connectivity index (χ0v) is 19.1. The Morgan fingerprint density at radius 2 is 1.70 bits per heavy atom. The smallest absolute Gasteiger partial charge is 0.321 e. The van der Waals surface area contributed by atoms with Crippen LogP contribution in [0.5, 0.6) is 17.2 Å². The summed E-state index contributed by atoms with van der Waals surface area (Å²) in [7, 11) is 4.85. The van der Waals surface area contributed by atoms with E-state index in [9.17, 15) is 4.79 Å². The zero-order chi connectivity index (χ0) is 23.0. The predicted molar refractivity (Wildman–Crippen MR) is 127 cm³/mol. The minimum Gasteiger partial charge on any atom is -0.497 e. The molecule has 1 spiro atoms. The average molecular weight is 449 g/mol. The van der Waals surface area contributed by atoms with Gasteiger partial charge in [-0.25, -0.2) is 4.79 Å². The first-order chi connectivity index (χ1) is 16.1. The molecule has 1 aromatic heterocycles. The van der Waals surface area contributed by atoms with Crippen LogP contribution in [0.2, 0.25) is 0 Å². The van der Waals surface area contributed by atoms with Crippen LogP contribution < -0.4 is 24.8 Å². The van der Waals surface area contributed by atoms with Crippen molar-refractivity contribution >= 4 is 17.4 Å². The predicted octanol–water partition coefficient (Wildman–Crippen LogP) is 4.45. The van der Waals surface area contributed by atoms with Gasteiger partial charge in [-0.3, -0.25) is 0 Å². The molecule has 5 rings (SSSR count).